The van der Waals surface area contributed by atoms with Crippen LogP contribution in [-0.4, -0.2) is 50.8 Å². The van der Waals surface area contributed by atoms with Crippen molar-refractivity contribution in [3.05, 3.63) is 72.4 Å². The van der Waals surface area contributed by atoms with E-state index in [2.05, 4.69) is 9.71 Å². The minimum Gasteiger partial charge on any atom is -0.478 e. The van der Waals surface area contributed by atoms with E-state index >= 15 is 0 Å². The first kappa shape index (κ1) is 20.8. The molecule has 1 aliphatic heterocycles. The zero-order valence-corrected chi connectivity index (χ0v) is 17.4. The number of pyridine rings is 1. The zero-order valence-electron chi connectivity index (χ0n) is 16.6. The molecule has 2 N–H and O–H groups in total. The summed E-state index contributed by atoms with van der Waals surface area (Å²) in [6.07, 6.45) is 1.30. The van der Waals surface area contributed by atoms with Crippen LogP contribution in [0.4, 0.5) is 11.5 Å². The summed E-state index contributed by atoms with van der Waals surface area (Å²) in [5.74, 6) is -0.461. The van der Waals surface area contributed by atoms with Gasteiger partial charge >= 0.3 is 5.97 Å². The summed E-state index contributed by atoms with van der Waals surface area (Å²) < 4.78 is 33.9. The third-order valence-corrected chi connectivity index (χ3v) is 6.31. The summed E-state index contributed by atoms with van der Waals surface area (Å²) in [6, 6.07) is 16.7. The van der Waals surface area contributed by atoms with Gasteiger partial charge < -0.3 is 14.7 Å². The number of sulfonamides is 1. The fourth-order valence-corrected chi connectivity index (χ4v) is 4.36. The van der Waals surface area contributed by atoms with Crippen molar-refractivity contribution in [2.24, 2.45) is 0 Å². The Morgan fingerprint density at radius 1 is 1.03 bits per heavy atom. The van der Waals surface area contributed by atoms with E-state index in [1.165, 1.54) is 24.4 Å². The first-order valence-electron chi connectivity index (χ1n) is 9.68. The molecule has 31 heavy (non-hydrogen) atoms. The lowest BCUT2D eigenvalue weighted by Crippen LogP contribution is -2.36. The number of anilines is 2. The van der Waals surface area contributed by atoms with Gasteiger partial charge in [0, 0.05) is 24.8 Å². The van der Waals surface area contributed by atoms with Gasteiger partial charge in [0.05, 0.1) is 24.5 Å². The fourth-order valence-electron chi connectivity index (χ4n) is 3.35. The molecule has 0 amide bonds. The van der Waals surface area contributed by atoms with Gasteiger partial charge in [-0.2, -0.15) is 0 Å². The molecule has 8 nitrogen and oxygen atoms in total. The van der Waals surface area contributed by atoms with Crippen LogP contribution in [-0.2, 0) is 14.8 Å². The molecule has 0 unspecified atom stereocenters. The van der Waals surface area contributed by atoms with Crippen LogP contribution < -0.4 is 9.62 Å². The summed E-state index contributed by atoms with van der Waals surface area (Å²) in [4.78, 5) is 17.7. The number of aromatic carboxylic acids is 1. The largest absolute Gasteiger partial charge is 0.478 e. The molecule has 1 fully saturated rings. The molecule has 4 rings (SSSR count). The molecule has 2 aromatic carbocycles. The molecule has 0 saturated carbocycles. The molecule has 2 heterocycles. The summed E-state index contributed by atoms with van der Waals surface area (Å²) in [7, 11) is -3.98. The highest BCUT2D eigenvalue weighted by atomic mass is 32.2. The maximum absolute atomic E-state index is 13.0. The topological polar surface area (TPSA) is 109 Å². The molecule has 160 valence electrons. The number of nitrogens with zero attached hydrogens (tertiary/aromatic N) is 2. The van der Waals surface area contributed by atoms with E-state index in [0.717, 1.165) is 5.56 Å². The van der Waals surface area contributed by atoms with E-state index in [1.54, 1.807) is 12.1 Å². The highest BCUT2D eigenvalue weighted by Gasteiger charge is 2.20. The summed E-state index contributed by atoms with van der Waals surface area (Å²) in [5.41, 5.74) is 1.51. The van der Waals surface area contributed by atoms with Gasteiger partial charge in [-0.05, 0) is 29.8 Å². The maximum atomic E-state index is 13.0. The van der Waals surface area contributed by atoms with Crippen LogP contribution in [0.25, 0.3) is 11.1 Å². The lowest BCUT2D eigenvalue weighted by atomic mass is 10.0. The molecular weight excluding hydrogens is 418 g/mol. The van der Waals surface area contributed by atoms with Crippen molar-refractivity contribution in [1.29, 1.82) is 0 Å². The highest BCUT2D eigenvalue weighted by molar-refractivity contribution is 7.92. The van der Waals surface area contributed by atoms with Gasteiger partial charge in [0.2, 0.25) is 0 Å². The number of aromatic nitrogens is 1. The molecule has 0 aliphatic carbocycles. The number of hydrogen-bond donors (Lipinski definition) is 2. The zero-order chi connectivity index (χ0) is 21.8. The van der Waals surface area contributed by atoms with Crippen LogP contribution in [0, 0.1) is 0 Å². The van der Waals surface area contributed by atoms with Crippen LogP contribution >= 0.6 is 0 Å². The van der Waals surface area contributed by atoms with Gasteiger partial charge in [-0.3, -0.25) is 4.72 Å². The van der Waals surface area contributed by atoms with Crippen LogP contribution in [0.2, 0.25) is 0 Å². The second-order valence-corrected chi connectivity index (χ2v) is 8.67. The molecular formula is C22H21N3O5S. The average Bonchev–Trinajstić information content (AvgIpc) is 2.80. The molecule has 1 saturated heterocycles. The second kappa shape index (κ2) is 8.75. The molecule has 0 spiro atoms. The molecule has 1 aliphatic rings. The number of carbonyl (C=O) groups is 1. The van der Waals surface area contributed by atoms with Gasteiger partial charge in [0.1, 0.15) is 10.7 Å². The first-order chi connectivity index (χ1) is 14.9. The van der Waals surface area contributed by atoms with Gasteiger partial charge in [0.15, 0.2) is 0 Å². The average molecular weight is 439 g/mol. The Bertz CT molecular complexity index is 1180. The van der Waals surface area contributed by atoms with Gasteiger partial charge in [-0.15, -0.1) is 0 Å². The number of ether oxygens (including phenoxy) is 1. The standard InChI is InChI=1S/C22H21N3O5S/c26-22(27)17-6-8-19(16-4-2-1-3-5-16)20(14-17)24-31(28,29)18-7-9-21(23-15-18)25-10-12-30-13-11-25/h1-9,14-15,24H,10-13H2,(H,26,27). The minimum absolute atomic E-state index is 0.00995. The number of nitrogens with one attached hydrogen (secondary N) is 1. The third-order valence-electron chi connectivity index (χ3n) is 4.96. The fraction of sp³-hybridized carbons (Fsp3) is 0.182. The van der Waals surface area contributed by atoms with E-state index in [-0.39, 0.29) is 16.1 Å². The normalized spacial score (nSPS) is 14.3. The molecule has 1 aromatic heterocycles. The van der Waals surface area contributed by atoms with Crippen molar-refractivity contribution < 1.29 is 23.1 Å². The molecule has 9 heteroatoms. The van der Waals surface area contributed by atoms with E-state index in [0.29, 0.717) is 37.7 Å². The van der Waals surface area contributed by atoms with E-state index in [4.69, 9.17) is 4.74 Å². The highest BCUT2D eigenvalue weighted by Crippen LogP contribution is 2.31. The number of carboxylic acid groups (broad SMARTS) is 1. The molecule has 3 aromatic rings. The number of carboxylic acids is 1. The van der Waals surface area contributed by atoms with Crippen molar-refractivity contribution in [1.82, 2.24) is 4.98 Å². The summed E-state index contributed by atoms with van der Waals surface area (Å²) in [6.45, 7) is 2.59. The predicted octanol–water partition coefficient (Wildman–Crippen LogP) is 3.08. The first-order valence-corrected chi connectivity index (χ1v) is 11.2. The minimum atomic E-state index is -3.98. The summed E-state index contributed by atoms with van der Waals surface area (Å²) in [5, 5.41) is 9.34. The monoisotopic (exact) mass is 439 g/mol. The Kier molecular flexibility index (Phi) is 5.88. The van der Waals surface area contributed by atoms with Crippen molar-refractivity contribution in [2.75, 3.05) is 35.9 Å². The third kappa shape index (κ3) is 4.68. The lowest BCUT2D eigenvalue weighted by Gasteiger charge is -2.27. The summed E-state index contributed by atoms with van der Waals surface area (Å²) >= 11 is 0. The van der Waals surface area contributed by atoms with Crippen molar-refractivity contribution in [2.45, 2.75) is 4.90 Å². The van der Waals surface area contributed by atoms with Gasteiger partial charge in [-0.25, -0.2) is 18.2 Å². The van der Waals surface area contributed by atoms with Crippen LogP contribution in [0.1, 0.15) is 10.4 Å². The number of benzene rings is 2. The van der Waals surface area contributed by atoms with E-state index in [1.807, 2.05) is 35.2 Å². The van der Waals surface area contributed by atoms with Crippen LogP contribution in [0.5, 0.6) is 0 Å². The Morgan fingerprint density at radius 3 is 2.42 bits per heavy atom. The number of hydrogen-bond acceptors (Lipinski definition) is 6. The Morgan fingerprint density at radius 2 is 1.77 bits per heavy atom. The number of rotatable bonds is 6. The van der Waals surface area contributed by atoms with E-state index < -0.39 is 16.0 Å². The second-order valence-electron chi connectivity index (χ2n) is 6.99. The van der Waals surface area contributed by atoms with Crippen LogP contribution in [0.3, 0.4) is 0 Å². The maximum Gasteiger partial charge on any atom is 0.335 e. The van der Waals surface area contributed by atoms with Crippen molar-refractivity contribution >= 4 is 27.5 Å². The smallest absolute Gasteiger partial charge is 0.335 e. The van der Waals surface area contributed by atoms with Crippen molar-refractivity contribution in [3.8, 4) is 11.1 Å². The molecule has 0 radical (unpaired) electrons. The lowest BCUT2D eigenvalue weighted by molar-refractivity contribution is 0.0697. The van der Waals surface area contributed by atoms with Gasteiger partial charge in [-0.1, -0.05) is 36.4 Å². The van der Waals surface area contributed by atoms with Gasteiger partial charge in [0.25, 0.3) is 10.0 Å². The Hall–Kier alpha value is -3.43. The Labute approximate surface area is 180 Å². The quantitative estimate of drug-likeness (QED) is 0.607. The number of morpholine rings is 1. The molecule has 0 atom stereocenters. The van der Waals surface area contributed by atoms with Crippen LogP contribution in [0.15, 0.2) is 71.8 Å². The SMILES string of the molecule is O=C(O)c1ccc(-c2ccccc2)c(NS(=O)(=O)c2ccc(N3CCOCC3)nc2)c1. The van der Waals surface area contributed by atoms with E-state index in [9.17, 15) is 18.3 Å². The Balaban J connectivity index is 1.65. The molecule has 0 bridgehead atoms. The van der Waals surface area contributed by atoms with Crippen molar-refractivity contribution in [3.63, 3.8) is 0 Å². The predicted molar refractivity (Wildman–Crippen MR) is 117 cm³/mol.